The van der Waals surface area contributed by atoms with Gasteiger partial charge in [0.05, 0.1) is 17.2 Å². The molecule has 80 valence electrons. The lowest BCUT2D eigenvalue weighted by Crippen LogP contribution is -2.24. The maximum atomic E-state index is 11.6. The van der Waals surface area contributed by atoms with Gasteiger partial charge < -0.3 is 5.32 Å². The van der Waals surface area contributed by atoms with Crippen molar-refractivity contribution in [1.29, 1.82) is 0 Å². The fourth-order valence-electron chi connectivity index (χ4n) is 1.32. The van der Waals surface area contributed by atoms with Gasteiger partial charge in [0.25, 0.3) is 5.91 Å². The molecule has 0 aliphatic heterocycles. The summed E-state index contributed by atoms with van der Waals surface area (Å²) in [6.07, 6.45) is 3.09. The highest BCUT2D eigenvalue weighted by molar-refractivity contribution is 5.93. The third kappa shape index (κ3) is 2.06. The number of carbonyl (C=O) groups is 1. The van der Waals surface area contributed by atoms with Crippen LogP contribution in [0.2, 0.25) is 0 Å². The van der Waals surface area contributed by atoms with E-state index in [0.29, 0.717) is 17.8 Å². The quantitative estimate of drug-likeness (QED) is 0.787. The standard InChI is InChI=1S/C12H11N3O/c1-2-7-13-12(16)11-8-14-9-5-3-4-6-10(9)15-11/h2-6,8H,1,7H2,(H,13,16). The second kappa shape index (κ2) is 4.53. The van der Waals surface area contributed by atoms with E-state index in [1.807, 2.05) is 24.3 Å². The highest BCUT2D eigenvalue weighted by atomic mass is 16.1. The number of carbonyl (C=O) groups excluding carboxylic acids is 1. The predicted molar refractivity (Wildman–Crippen MR) is 62.1 cm³/mol. The van der Waals surface area contributed by atoms with Crippen LogP contribution in [0, 0.1) is 0 Å². The minimum atomic E-state index is -0.238. The largest absolute Gasteiger partial charge is 0.347 e. The van der Waals surface area contributed by atoms with Gasteiger partial charge in [0.2, 0.25) is 0 Å². The summed E-state index contributed by atoms with van der Waals surface area (Å²) in [5.41, 5.74) is 1.82. The van der Waals surface area contributed by atoms with Gasteiger partial charge in [-0.1, -0.05) is 18.2 Å². The first kappa shape index (κ1) is 10.3. The van der Waals surface area contributed by atoms with Crippen LogP contribution in [0.4, 0.5) is 0 Å². The summed E-state index contributed by atoms with van der Waals surface area (Å²) in [5.74, 6) is -0.238. The Kier molecular flexibility index (Phi) is 2.91. The number of nitrogens with zero attached hydrogens (tertiary/aromatic N) is 2. The number of aromatic nitrogens is 2. The van der Waals surface area contributed by atoms with E-state index in [1.165, 1.54) is 6.20 Å². The lowest BCUT2D eigenvalue weighted by Gasteiger charge is -2.02. The molecule has 0 aliphatic carbocycles. The van der Waals surface area contributed by atoms with Gasteiger partial charge in [0, 0.05) is 6.54 Å². The van der Waals surface area contributed by atoms with Gasteiger partial charge in [-0.25, -0.2) is 4.98 Å². The minimum Gasteiger partial charge on any atom is -0.347 e. The van der Waals surface area contributed by atoms with Crippen LogP contribution in [0.3, 0.4) is 0 Å². The topological polar surface area (TPSA) is 54.9 Å². The summed E-state index contributed by atoms with van der Waals surface area (Å²) in [6, 6.07) is 7.43. The third-order valence-electron chi connectivity index (χ3n) is 2.09. The molecule has 0 fully saturated rings. The Morgan fingerprint density at radius 3 is 2.88 bits per heavy atom. The first-order valence-corrected chi connectivity index (χ1v) is 4.92. The van der Waals surface area contributed by atoms with E-state index in [4.69, 9.17) is 0 Å². The first-order chi connectivity index (χ1) is 7.81. The van der Waals surface area contributed by atoms with Crippen molar-refractivity contribution in [2.24, 2.45) is 0 Å². The van der Waals surface area contributed by atoms with Crippen molar-refractivity contribution in [1.82, 2.24) is 15.3 Å². The molecule has 2 rings (SSSR count). The zero-order valence-corrected chi connectivity index (χ0v) is 8.68. The van der Waals surface area contributed by atoms with Crippen molar-refractivity contribution >= 4 is 16.9 Å². The van der Waals surface area contributed by atoms with Crippen molar-refractivity contribution in [3.63, 3.8) is 0 Å². The minimum absolute atomic E-state index is 0.238. The molecule has 0 saturated carbocycles. The van der Waals surface area contributed by atoms with Gasteiger partial charge in [0.15, 0.2) is 0 Å². The highest BCUT2D eigenvalue weighted by Crippen LogP contribution is 2.08. The lowest BCUT2D eigenvalue weighted by atomic mass is 10.3. The van der Waals surface area contributed by atoms with Crippen LogP contribution in [0.1, 0.15) is 10.5 Å². The highest BCUT2D eigenvalue weighted by Gasteiger charge is 2.07. The summed E-state index contributed by atoms with van der Waals surface area (Å²) in [4.78, 5) is 20.0. The lowest BCUT2D eigenvalue weighted by molar-refractivity contribution is 0.0953. The van der Waals surface area contributed by atoms with E-state index < -0.39 is 0 Å². The summed E-state index contributed by atoms with van der Waals surface area (Å²) in [6.45, 7) is 3.95. The number of hydrogen-bond donors (Lipinski definition) is 1. The molecular formula is C12H11N3O. The second-order valence-electron chi connectivity index (χ2n) is 3.24. The molecule has 4 nitrogen and oxygen atoms in total. The molecule has 16 heavy (non-hydrogen) atoms. The predicted octanol–water partition coefficient (Wildman–Crippen LogP) is 1.55. The van der Waals surface area contributed by atoms with E-state index in [1.54, 1.807) is 6.08 Å². The maximum Gasteiger partial charge on any atom is 0.271 e. The number of para-hydroxylation sites is 2. The zero-order valence-electron chi connectivity index (χ0n) is 8.68. The molecule has 4 heteroatoms. The van der Waals surface area contributed by atoms with E-state index >= 15 is 0 Å². The van der Waals surface area contributed by atoms with Gasteiger partial charge in [-0.15, -0.1) is 6.58 Å². The number of nitrogens with one attached hydrogen (secondary N) is 1. The van der Waals surface area contributed by atoms with Gasteiger partial charge in [-0.2, -0.15) is 0 Å². The molecule has 0 saturated heterocycles. The molecule has 2 aromatic rings. The maximum absolute atomic E-state index is 11.6. The second-order valence-corrected chi connectivity index (χ2v) is 3.24. The average Bonchev–Trinajstić information content (AvgIpc) is 2.35. The van der Waals surface area contributed by atoms with Gasteiger partial charge in [-0.05, 0) is 12.1 Å². The van der Waals surface area contributed by atoms with Crippen LogP contribution in [0.15, 0.2) is 43.1 Å². The Labute approximate surface area is 93.0 Å². The van der Waals surface area contributed by atoms with Gasteiger partial charge in [-0.3, -0.25) is 9.78 Å². The molecule has 1 heterocycles. The number of hydrogen-bond acceptors (Lipinski definition) is 3. The zero-order chi connectivity index (χ0) is 11.4. The van der Waals surface area contributed by atoms with Crippen LogP contribution < -0.4 is 5.32 Å². The van der Waals surface area contributed by atoms with Crippen LogP contribution in [0.25, 0.3) is 11.0 Å². The van der Waals surface area contributed by atoms with Crippen molar-refractivity contribution in [3.8, 4) is 0 Å². The normalized spacial score (nSPS) is 10.0. The van der Waals surface area contributed by atoms with Gasteiger partial charge >= 0.3 is 0 Å². The number of fused-ring (bicyclic) bond motifs is 1. The van der Waals surface area contributed by atoms with Crippen LogP contribution >= 0.6 is 0 Å². The third-order valence-corrected chi connectivity index (χ3v) is 2.09. The Morgan fingerprint density at radius 2 is 2.12 bits per heavy atom. The summed E-state index contributed by atoms with van der Waals surface area (Å²) in [7, 11) is 0. The molecule has 0 unspecified atom stereocenters. The molecule has 0 spiro atoms. The first-order valence-electron chi connectivity index (χ1n) is 4.92. The van der Waals surface area contributed by atoms with E-state index in [0.717, 1.165) is 5.52 Å². The molecule has 1 amide bonds. The summed E-state index contributed by atoms with van der Waals surface area (Å²) >= 11 is 0. The van der Waals surface area contributed by atoms with E-state index in [9.17, 15) is 4.79 Å². The molecule has 0 atom stereocenters. The fourth-order valence-corrected chi connectivity index (χ4v) is 1.32. The molecule has 1 N–H and O–H groups in total. The Hall–Kier alpha value is -2.23. The smallest absolute Gasteiger partial charge is 0.271 e. The van der Waals surface area contributed by atoms with E-state index in [-0.39, 0.29) is 5.91 Å². The Morgan fingerprint density at radius 1 is 1.38 bits per heavy atom. The van der Waals surface area contributed by atoms with Crippen molar-refractivity contribution < 1.29 is 4.79 Å². The molecule has 0 radical (unpaired) electrons. The van der Waals surface area contributed by atoms with Crippen molar-refractivity contribution in [2.75, 3.05) is 6.54 Å². The molecule has 1 aromatic carbocycles. The molecular weight excluding hydrogens is 202 g/mol. The van der Waals surface area contributed by atoms with Crippen molar-refractivity contribution in [3.05, 3.63) is 48.8 Å². The Balaban J connectivity index is 2.32. The number of benzene rings is 1. The molecule has 1 aromatic heterocycles. The monoisotopic (exact) mass is 213 g/mol. The van der Waals surface area contributed by atoms with Crippen molar-refractivity contribution in [2.45, 2.75) is 0 Å². The van der Waals surface area contributed by atoms with E-state index in [2.05, 4.69) is 21.9 Å². The van der Waals surface area contributed by atoms with Crippen LogP contribution in [0.5, 0.6) is 0 Å². The number of rotatable bonds is 3. The molecule has 0 aliphatic rings. The van der Waals surface area contributed by atoms with Crippen LogP contribution in [-0.4, -0.2) is 22.4 Å². The SMILES string of the molecule is C=CCNC(=O)c1cnc2ccccc2n1. The van der Waals surface area contributed by atoms with Crippen LogP contribution in [-0.2, 0) is 0 Å². The summed E-state index contributed by atoms with van der Waals surface area (Å²) < 4.78 is 0. The Bertz CT molecular complexity index is 537. The fraction of sp³-hybridized carbons (Fsp3) is 0.0833. The van der Waals surface area contributed by atoms with Gasteiger partial charge in [0.1, 0.15) is 5.69 Å². The number of amides is 1. The summed E-state index contributed by atoms with van der Waals surface area (Å²) in [5, 5.41) is 2.65. The average molecular weight is 213 g/mol. The molecule has 0 bridgehead atoms.